The summed E-state index contributed by atoms with van der Waals surface area (Å²) in [7, 11) is 0. The third kappa shape index (κ3) is 5.99. The normalized spacial score (nSPS) is 14.5. The number of amides is 1. The van der Waals surface area contributed by atoms with Crippen molar-refractivity contribution in [2.45, 2.75) is 13.8 Å². The molecule has 0 aliphatic carbocycles. The fourth-order valence-electron chi connectivity index (χ4n) is 3.79. The molecule has 1 saturated heterocycles. The lowest BCUT2D eigenvalue weighted by Crippen LogP contribution is -2.40. The van der Waals surface area contributed by atoms with Gasteiger partial charge in [-0.05, 0) is 53.8 Å². The first-order chi connectivity index (χ1) is 16.1. The van der Waals surface area contributed by atoms with Crippen LogP contribution in [0.1, 0.15) is 27.8 Å². The number of aryl methyl sites for hydroxylation is 2. The van der Waals surface area contributed by atoms with Gasteiger partial charge in [-0.3, -0.25) is 4.79 Å². The molecule has 1 fully saturated rings. The zero-order valence-corrected chi connectivity index (χ0v) is 19.3. The number of hydrogen-bond donors (Lipinski definition) is 1. The molecular formula is C29H30N2O2. The lowest BCUT2D eigenvalue weighted by molar-refractivity contribution is -0.129. The average Bonchev–Trinajstić information content (AvgIpc) is 2.86. The Morgan fingerprint density at radius 1 is 0.879 bits per heavy atom. The Balaban J connectivity index is 1.69. The molecule has 0 bridgehead atoms. The Kier molecular flexibility index (Phi) is 7.38. The molecule has 3 aromatic rings. The minimum Gasteiger partial charge on any atom is -0.378 e. The molecule has 0 spiro atoms. The van der Waals surface area contributed by atoms with E-state index in [1.54, 1.807) is 6.08 Å². The SMILES string of the molecule is Cc1cc(/C=C/c2ccccc2)c(N/C(=C\C(=O)N2CCOCC2)c2ccccc2)cc1C. The van der Waals surface area contributed by atoms with E-state index in [1.165, 1.54) is 11.1 Å². The average molecular weight is 439 g/mol. The minimum absolute atomic E-state index is 0.00476. The van der Waals surface area contributed by atoms with E-state index >= 15 is 0 Å². The molecule has 168 valence electrons. The molecule has 0 saturated carbocycles. The number of benzene rings is 3. The van der Waals surface area contributed by atoms with Gasteiger partial charge in [-0.25, -0.2) is 0 Å². The zero-order chi connectivity index (χ0) is 23.0. The Hall–Kier alpha value is -3.63. The topological polar surface area (TPSA) is 41.6 Å². The molecule has 0 unspecified atom stereocenters. The van der Waals surface area contributed by atoms with Crippen LogP contribution in [0.4, 0.5) is 5.69 Å². The number of morpholine rings is 1. The second-order valence-corrected chi connectivity index (χ2v) is 8.25. The Bertz CT molecular complexity index is 1140. The highest BCUT2D eigenvalue weighted by molar-refractivity contribution is 5.98. The number of nitrogens with one attached hydrogen (secondary N) is 1. The van der Waals surface area contributed by atoms with Crippen molar-refractivity contribution < 1.29 is 9.53 Å². The lowest BCUT2D eigenvalue weighted by Gasteiger charge is -2.26. The molecule has 1 heterocycles. The Labute approximate surface area is 196 Å². The van der Waals surface area contributed by atoms with E-state index in [2.05, 4.69) is 55.6 Å². The van der Waals surface area contributed by atoms with Gasteiger partial charge in [-0.1, -0.05) is 72.8 Å². The van der Waals surface area contributed by atoms with Gasteiger partial charge in [0.2, 0.25) is 5.91 Å². The maximum atomic E-state index is 13.0. The molecule has 4 rings (SSSR count). The molecule has 1 N–H and O–H groups in total. The molecule has 0 aromatic heterocycles. The van der Waals surface area contributed by atoms with Crippen LogP contribution in [-0.2, 0) is 9.53 Å². The summed E-state index contributed by atoms with van der Waals surface area (Å²) in [6, 6.07) is 24.6. The number of nitrogens with zero attached hydrogens (tertiary/aromatic N) is 1. The molecule has 4 heteroatoms. The molecular weight excluding hydrogens is 408 g/mol. The van der Waals surface area contributed by atoms with E-state index in [1.807, 2.05) is 53.4 Å². The van der Waals surface area contributed by atoms with Crippen LogP contribution in [0.5, 0.6) is 0 Å². The van der Waals surface area contributed by atoms with Crippen molar-refractivity contribution in [3.05, 3.63) is 107 Å². The first-order valence-electron chi connectivity index (χ1n) is 11.4. The molecule has 33 heavy (non-hydrogen) atoms. The molecule has 3 aromatic carbocycles. The number of hydrogen-bond acceptors (Lipinski definition) is 3. The summed E-state index contributed by atoms with van der Waals surface area (Å²) < 4.78 is 5.40. The van der Waals surface area contributed by atoms with Crippen LogP contribution >= 0.6 is 0 Å². The van der Waals surface area contributed by atoms with Gasteiger partial charge in [-0.15, -0.1) is 0 Å². The Morgan fingerprint density at radius 3 is 2.21 bits per heavy atom. The molecule has 1 amide bonds. The van der Waals surface area contributed by atoms with Crippen LogP contribution in [-0.4, -0.2) is 37.1 Å². The summed E-state index contributed by atoms with van der Waals surface area (Å²) >= 11 is 0. The quantitative estimate of drug-likeness (QED) is 0.391. The van der Waals surface area contributed by atoms with Crippen molar-refractivity contribution in [3.8, 4) is 0 Å². The highest BCUT2D eigenvalue weighted by Gasteiger charge is 2.17. The van der Waals surface area contributed by atoms with Gasteiger partial charge in [-0.2, -0.15) is 0 Å². The van der Waals surface area contributed by atoms with Crippen molar-refractivity contribution >= 4 is 29.4 Å². The maximum Gasteiger partial charge on any atom is 0.248 e. The van der Waals surface area contributed by atoms with Crippen LogP contribution < -0.4 is 5.32 Å². The maximum absolute atomic E-state index is 13.0. The van der Waals surface area contributed by atoms with E-state index < -0.39 is 0 Å². The number of rotatable bonds is 6. The number of anilines is 1. The van der Waals surface area contributed by atoms with Crippen molar-refractivity contribution in [2.24, 2.45) is 0 Å². The number of ether oxygens (including phenoxy) is 1. The fraction of sp³-hybridized carbons (Fsp3) is 0.207. The summed E-state index contributed by atoms with van der Waals surface area (Å²) in [5, 5.41) is 3.57. The van der Waals surface area contributed by atoms with E-state index in [0.29, 0.717) is 26.3 Å². The van der Waals surface area contributed by atoms with Gasteiger partial charge in [0, 0.05) is 24.9 Å². The van der Waals surface area contributed by atoms with Gasteiger partial charge < -0.3 is 15.0 Å². The number of carbonyl (C=O) groups is 1. The fourth-order valence-corrected chi connectivity index (χ4v) is 3.79. The summed E-state index contributed by atoms with van der Waals surface area (Å²) in [6.07, 6.45) is 5.94. The third-order valence-electron chi connectivity index (χ3n) is 5.87. The van der Waals surface area contributed by atoms with Crippen molar-refractivity contribution in [3.63, 3.8) is 0 Å². The predicted molar refractivity (Wildman–Crippen MR) is 137 cm³/mol. The van der Waals surface area contributed by atoms with Gasteiger partial charge in [0.25, 0.3) is 0 Å². The van der Waals surface area contributed by atoms with Crippen LogP contribution in [0.15, 0.2) is 78.9 Å². The monoisotopic (exact) mass is 438 g/mol. The summed E-state index contributed by atoms with van der Waals surface area (Å²) in [6.45, 7) is 6.63. The summed E-state index contributed by atoms with van der Waals surface area (Å²) in [5.74, 6) is -0.00476. The van der Waals surface area contributed by atoms with Gasteiger partial charge in [0.1, 0.15) is 0 Å². The molecule has 1 aliphatic rings. The second kappa shape index (κ2) is 10.8. The van der Waals surface area contributed by atoms with E-state index in [0.717, 1.165) is 28.1 Å². The highest BCUT2D eigenvalue weighted by atomic mass is 16.5. The van der Waals surface area contributed by atoms with Crippen molar-refractivity contribution in [2.75, 3.05) is 31.6 Å². The zero-order valence-electron chi connectivity index (χ0n) is 19.3. The van der Waals surface area contributed by atoms with Crippen LogP contribution in [0.2, 0.25) is 0 Å². The third-order valence-corrected chi connectivity index (χ3v) is 5.87. The molecule has 0 atom stereocenters. The molecule has 1 aliphatic heterocycles. The molecule has 0 radical (unpaired) electrons. The molecule has 4 nitrogen and oxygen atoms in total. The first-order valence-corrected chi connectivity index (χ1v) is 11.4. The minimum atomic E-state index is -0.00476. The van der Waals surface area contributed by atoms with E-state index in [9.17, 15) is 4.79 Å². The van der Waals surface area contributed by atoms with Crippen LogP contribution in [0.3, 0.4) is 0 Å². The first kappa shape index (κ1) is 22.6. The van der Waals surface area contributed by atoms with Crippen molar-refractivity contribution in [1.29, 1.82) is 0 Å². The summed E-state index contributed by atoms with van der Waals surface area (Å²) in [5.41, 5.74) is 7.35. The smallest absolute Gasteiger partial charge is 0.248 e. The largest absolute Gasteiger partial charge is 0.378 e. The predicted octanol–water partition coefficient (Wildman–Crippen LogP) is 5.79. The van der Waals surface area contributed by atoms with Crippen LogP contribution in [0.25, 0.3) is 17.8 Å². The Morgan fingerprint density at radius 2 is 1.52 bits per heavy atom. The van der Waals surface area contributed by atoms with Crippen LogP contribution in [0, 0.1) is 13.8 Å². The van der Waals surface area contributed by atoms with Crippen molar-refractivity contribution in [1.82, 2.24) is 4.90 Å². The van der Waals surface area contributed by atoms with E-state index in [-0.39, 0.29) is 5.91 Å². The second-order valence-electron chi connectivity index (χ2n) is 8.25. The number of carbonyl (C=O) groups excluding carboxylic acids is 1. The van der Waals surface area contributed by atoms with Gasteiger partial charge in [0.05, 0.1) is 18.9 Å². The highest BCUT2D eigenvalue weighted by Crippen LogP contribution is 2.27. The van der Waals surface area contributed by atoms with Gasteiger partial charge in [0.15, 0.2) is 0 Å². The standard InChI is InChI=1S/C29H30N2O2/c1-22-19-26(14-13-24-9-5-3-6-10-24)27(20-23(22)2)30-28(25-11-7-4-8-12-25)21-29(32)31-15-17-33-18-16-31/h3-14,19-21,30H,15-18H2,1-2H3/b14-13+,28-21-. The summed E-state index contributed by atoms with van der Waals surface area (Å²) in [4.78, 5) is 14.9. The van der Waals surface area contributed by atoms with Gasteiger partial charge >= 0.3 is 0 Å². The lowest BCUT2D eigenvalue weighted by atomic mass is 10.0. The van der Waals surface area contributed by atoms with E-state index in [4.69, 9.17) is 4.74 Å².